The number of hydrogen-bond acceptors (Lipinski definition) is 6. The van der Waals surface area contributed by atoms with E-state index in [0.717, 1.165) is 0 Å². The van der Waals surface area contributed by atoms with Crippen LogP contribution < -0.4 is 11.0 Å². The summed E-state index contributed by atoms with van der Waals surface area (Å²) in [5.74, 6) is -0.980. The minimum Gasteiger partial charge on any atom is -0.366 e. The van der Waals surface area contributed by atoms with Crippen molar-refractivity contribution in [3.05, 3.63) is 71.8 Å². The first-order valence-corrected chi connectivity index (χ1v) is 8.30. The summed E-state index contributed by atoms with van der Waals surface area (Å²) >= 11 is 0. The Bertz CT molecular complexity index is 677. The Labute approximate surface area is 153 Å². The fourth-order valence-electron chi connectivity index (χ4n) is 1.87. The van der Waals surface area contributed by atoms with E-state index in [2.05, 4.69) is 11.0 Å². The highest BCUT2D eigenvalue weighted by Crippen LogP contribution is 2.21. The van der Waals surface area contributed by atoms with Crippen LogP contribution in [0.5, 0.6) is 0 Å². The summed E-state index contributed by atoms with van der Waals surface area (Å²) in [6.45, 7) is 7.31. The highest BCUT2D eigenvalue weighted by molar-refractivity contribution is 5.89. The number of hydroxylamine groups is 2. The van der Waals surface area contributed by atoms with Crippen LogP contribution in [0.3, 0.4) is 0 Å². The van der Waals surface area contributed by atoms with Crippen molar-refractivity contribution in [1.29, 1.82) is 0 Å². The maximum atomic E-state index is 12.1. The molecule has 0 aliphatic carbocycles. The number of carbonyl (C=O) groups excluding carboxylic acids is 2. The molecule has 138 valence electrons. The van der Waals surface area contributed by atoms with Crippen LogP contribution in [0, 0.1) is 0 Å². The van der Waals surface area contributed by atoms with Gasteiger partial charge in [0.1, 0.15) is 0 Å². The van der Waals surface area contributed by atoms with E-state index in [1.807, 2.05) is 39.8 Å². The average molecular weight is 356 g/mol. The molecule has 0 heterocycles. The molecule has 0 unspecified atom stereocenters. The largest absolute Gasteiger partial charge is 0.366 e. The molecule has 0 fully saturated rings. The first kappa shape index (κ1) is 19.6. The Morgan fingerprint density at radius 1 is 0.654 bits per heavy atom. The van der Waals surface area contributed by atoms with Gasteiger partial charge in [-0.2, -0.15) is 0 Å². The molecular weight excluding hydrogens is 332 g/mol. The minimum absolute atomic E-state index is 0.442. The summed E-state index contributed by atoms with van der Waals surface area (Å²) in [6.07, 6.45) is 0. The zero-order valence-corrected chi connectivity index (χ0v) is 15.4. The summed E-state index contributed by atoms with van der Waals surface area (Å²) in [4.78, 5) is 34.6. The number of carbonyl (C=O) groups is 2. The maximum absolute atomic E-state index is 12.1. The van der Waals surface area contributed by atoms with Gasteiger partial charge < -0.3 is 9.68 Å². The lowest BCUT2D eigenvalue weighted by atomic mass is 9.84. The van der Waals surface area contributed by atoms with Crippen molar-refractivity contribution in [2.75, 3.05) is 0 Å². The number of nitrogens with one attached hydrogen (secondary N) is 2. The van der Waals surface area contributed by atoms with Crippen LogP contribution >= 0.6 is 0 Å². The predicted molar refractivity (Wildman–Crippen MR) is 98.1 cm³/mol. The molecule has 0 saturated heterocycles. The van der Waals surface area contributed by atoms with Gasteiger partial charge in [0, 0.05) is 0 Å². The Balaban J connectivity index is 1.93. The van der Waals surface area contributed by atoms with Crippen LogP contribution in [0.15, 0.2) is 60.7 Å². The molecule has 0 aliphatic heterocycles. The number of rotatable bonds is 7. The van der Waals surface area contributed by atoms with E-state index in [1.165, 1.54) is 0 Å². The quantitative estimate of drug-likeness (QED) is 0.742. The van der Waals surface area contributed by atoms with Crippen LogP contribution in [0.2, 0.25) is 0 Å². The van der Waals surface area contributed by atoms with Crippen molar-refractivity contribution in [2.45, 2.75) is 38.8 Å². The fourth-order valence-corrected chi connectivity index (χ4v) is 1.87. The minimum atomic E-state index is -0.742. The van der Waals surface area contributed by atoms with E-state index in [9.17, 15) is 9.59 Å². The van der Waals surface area contributed by atoms with Gasteiger partial charge in [0.05, 0.1) is 22.2 Å². The van der Waals surface area contributed by atoms with Gasteiger partial charge in [-0.3, -0.25) is 0 Å². The van der Waals surface area contributed by atoms with Gasteiger partial charge in [0.15, 0.2) is 0 Å². The average Bonchev–Trinajstić information content (AvgIpc) is 2.65. The lowest BCUT2D eigenvalue weighted by molar-refractivity contribution is -0.0579. The van der Waals surface area contributed by atoms with Gasteiger partial charge in [0.2, 0.25) is 0 Å². The first-order valence-electron chi connectivity index (χ1n) is 8.30. The third-order valence-corrected chi connectivity index (χ3v) is 4.38. The van der Waals surface area contributed by atoms with Crippen LogP contribution in [0.4, 0.5) is 0 Å². The third kappa shape index (κ3) is 4.91. The van der Waals surface area contributed by atoms with E-state index >= 15 is 0 Å². The lowest BCUT2D eigenvalue weighted by Gasteiger charge is -2.40. The van der Waals surface area contributed by atoms with Gasteiger partial charge in [-0.15, -0.1) is 11.0 Å². The van der Waals surface area contributed by atoms with Crippen molar-refractivity contribution < 1.29 is 19.3 Å². The molecule has 2 aromatic carbocycles. The summed E-state index contributed by atoms with van der Waals surface area (Å²) in [7, 11) is 0. The Morgan fingerprint density at radius 3 is 1.27 bits per heavy atom. The van der Waals surface area contributed by atoms with E-state index in [4.69, 9.17) is 9.68 Å². The second kappa shape index (κ2) is 8.12. The van der Waals surface area contributed by atoms with Gasteiger partial charge in [-0.25, -0.2) is 9.59 Å². The predicted octanol–water partition coefficient (Wildman–Crippen LogP) is 3.27. The normalized spacial score (nSPS) is 11.7. The highest BCUT2D eigenvalue weighted by Gasteiger charge is 2.40. The molecule has 0 bridgehead atoms. The monoisotopic (exact) mass is 356 g/mol. The summed E-state index contributed by atoms with van der Waals surface area (Å²) < 4.78 is 0. The first-order chi connectivity index (χ1) is 12.2. The van der Waals surface area contributed by atoms with Crippen molar-refractivity contribution in [3.63, 3.8) is 0 Å². The molecule has 0 atom stereocenters. The SMILES string of the molecule is CC(C)(NOC(=O)c1ccccc1)C(C)(C)NOC(=O)c1ccccc1. The molecule has 0 spiro atoms. The highest BCUT2D eigenvalue weighted by atomic mass is 16.7. The van der Waals surface area contributed by atoms with Gasteiger partial charge in [-0.1, -0.05) is 36.4 Å². The zero-order chi connectivity index (χ0) is 19.2. The van der Waals surface area contributed by atoms with E-state index in [1.54, 1.807) is 48.5 Å². The molecule has 2 aromatic rings. The van der Waals surface area contributed by atoms with Gasteiger partial charge in [0.25, 0.3) is 0 Å². The summed E-state index contributed by atoms with van der Waals surface area (Å²) in [5.41, 5.74) is 4.92. The van der Waals surface area contributed by atoms with Crippen molar-refractivity contribution >= 4 is 11.9 Å². The molecule has 0 saturated carbocycles. The van der Waals surface area contributed by atoms with Crippen LogP contribution in [0.25, 0.3) is 0 Å². The second-order valence-corrected chi connectivity index (χ2v) is 6.97. The Hall–Kier alpha value is -2.70. The van der Waals surface area contributed by atoms with Crippen LogP contribution in [-0.2, 0) is 9.68 Å². The molecule has 6 heteroatoms. The second-order valence-electron chi connectivity index (χ2n) is 6.97. The third-order valence-electron chi connectivity index (χ3n) is 4.38. The fraction of sp³-hybridized carbons (Fsp3) is 0.300. The molecule has 0 aromatic heterocycles. The molecule has 0 aliphatic rings. The van der Waals surface area contributed by atoms with Gasteiger partial charge in [-0.05, 0) is 52.0 Å². The Morgan fingerprint density at radius 2 is 0.962 bits per heavy atom. The molecular formula is C20H24N2O4. The molecule has 6 nitrogen and oxygen atoms in total. The number of benzene rings is 2. The van der Waals surface area contributed by atoms with Gasteiger partial charge >= 0.3 is 11.9 Å². The van der Waals surface area contributed by atoms with E-state index < -0.39 is 23.0 Å². The zero-order valence-electron chi connectivity index (χ0n) is 15.4. The van der Waals surface area contributed by atoms with Crippen LogP contribution in [-0.4, -0.2) is 23.0 Å². The lowest BCUT2D eigenvalue weighted by Crippen LogP contribution is -2.63. The molecule has 26 heavy (non-hydrogen) atoms. The molecule has 2 rings (SSSR count). The van der Waals surface area contributed by atoms with E-state index in [-0.39, 0.29) is 0 Å². The summed E-state index contributed by atoms with van der Waals surface area (Å²) in [5, 5.41) is 0. The van der Waals surface area contributed by atoms with Crippen molar-refractivity contribution in [1.82, 2.24) is 11.0 Å². The van der Waals surface area contributed by atoms with Crippen LogP contribution in [0.1, 0.15) is 48.4 Å². The smallest absolute Gasteiger partial charge is 0.356 e. The molecule has 0 amide bonds. The topological polar surface area (TPSA) is 76.7 Å². The standard InChI is InChI=1S/C20H24N2O4/c1-19(2,21-25-17(23)15-11-7-5-8-12-15)20(3,4)22-26-18(24)16-13-9-6-10-14-16/h5-14,21-22H,1-4H3. The molecule has 2 N–H and O–H groups in total. The summed E-state index contributed by atoms with van der Waals surface area (Å²) in [6, 6.07) is 17.4. The maximum Gasteiger partial charge on any atom is 0.356 e. The van der Waals surface area contributed by atoms with Crippen molar-refractivity contribution in [2.24, 2.45) is 0 Å². The molecule has 0 radical (unpaired) electrons. The Kier molecular flexibility index (Phi) is 6.13. The number of hydrogen-bond donors (Lipinski definition) is 2. The van der Waals surface area contributed by atoms with Crippen molar-refractivity contribution in [3.8, 4) is 0 Å². The van der Waals surface area contributed by atoms with E-state index in [0.29, 0.717) is 11.1 Å².